The van der Waals surface area contributed by atoms with Gasteiger partial charge in [0.25, 0.3) is 5.92 Å². The lowest BCUT2D eigenvalue weighted by Crippen LogP contribution is -2.44. The molecule has 0 radical (unpaired) electrons. The van der Waals surface area contributed by atoms with E-state index in [0.29, 0.717) is 12.2 Å². The molecule has 0 saturated carbocycles. The minimum Gasteiger partial charge on any atom is -0.314 e. The molecule has 0 unspecified atom stereocenters. The monoisotopic (exact) mass is 337 g/mol. The maximum absolute atomic E-state index is 13.9. The largest absolute Gasteiger partial charge is 0.322 e. The van der Waals surface area contributed by atoms with E-state index in [2.05, 4.69) is 10.2 Å². The van der Waals surface area contributed by atoms with Gasteiger partial charge in [-0.25, -0.2) is 13.6 Å². The maximum atomic E-state index is 13.9. The second kappa shape index (κ2) is 6.67. The van der Waals surface area contributed by atoms with Crippen LogP contribution in [0.3, 0.4) is 0 Å². The SMILES string of the molecule is Cc1cccc(NC(=O)N2CC(F)(F)C[C@H]2CN2CCCC2)c1C. The van der Waals surface area contributed by atoms with Gasteiger partial charge in [0.2, 0.25) is 0 Å². The summed E-state index contributed by atoms with van der Waals surface area (Å²) in [6.45, 7) is 5.80. The first-order valence-electron chi connectivity index (χ1n) is 8.60. The van der Waals surface area contributed by atoms with Crippen molar-refractivity contribution < 1.29 is 13.6 Å². The third-order valence-corrected chi connectivity index (χ3v) is 5.15. The number of nitrogens with one attached hydrogen (secondary N) is 1. The summed E-state index contributed by atoms with van der Waals surface area (Å²) in [7, 11) is 0. The molecule has 2 aliphatic heterocycles. The van der Waals surface area contributed by atoms with Crippen LogP contribution in [0.4, 0.5) is 19.3 Å². The van der Waals surface area contributed by atoms with Crippen molar-refractivity contribution in [3.63, 3.8) is 0 Å². The third kappa shape index (κ3) is 3.69. The molecule has 2 saturated heterocycles. The number of urea groups is 1. The highest BCUT2D eigenvalue weighted by Crippen LogP contribution is 2.33. The Balaban J connectivity index is 1.72. The normalized spacial score (nSPS) is 23.7. The number of hydrogen-bond acceptors (Lipinski definition) is 2. The van der Waals surface area contributed by atoms with E-state index in [-0.39, 0.29) is 6.42 Å². The third-order valence-electron chi connectivity index (χ3n) is 5.15. The molecule has 2 aliphatic rings. The summed E-state index contributed by atoms with van der Waals surface area (Å²) in [6, 6.07) is 4.78. The Morgan fingerprint density at radius 3 is 2.71 bits per heavy atom. The summed E-state index contributed by atoms with van der Waals surface area (Å²) in [5, 5.41) is 2.82. The van der Waals surface area contributed by atoms with Crippen LogP contribution in [-0.2, 0) is 0 Å². The van der Waals surface area contributed by atoms with E-state index in [1.165, 1.54) is 4.90 Å². The van der Waals surface area contributed by atoms with Crippen LogP contribution in [0.25, 0.3) is 0 Å². The number of amides is 2. The van der Waals surface area contributed by atoms with Crippen LogP contribution in [0.5, 0.6) is 0 Å². The molecule has 132 valence electrons. The molecule has 1 aromatic rings. The second-order valence-electron chi connectivity index (χ2n) is 7.03. The first-order valence-corrected chi connectivity index (χ1v) is 8.60. The van der Waals surface area contributed by atoms with Gasteiger partial charge in [0.15, 0.2) is 0 Å². The molecule has 2 heterocycles. The zero-order valence-corrected chi connectivity index (χ0v) is 14.3. The number of carbonyl (C=O) groups excluding carboxylic acids is 1. The van der Waals surface area contributed by atoms with Gasteiger partial charge >= 0.3 is 6.03 Å². The van der Waals surface area contributed by atoms with Crippen molar-refractivity contribution in [1.82, 2.24) is 9.80 Å². The highest BCUT2D eigenvalue weighted by Gasteiger charge is 2.47. The van der Waals surface area contributed by atoms with Crippen LogP contribution in [0.15, 0.2) is 18.2 Å². The Hall–Kier alpha value is -1.69. The zero-order chi connectivity index (χ0) is 17.3. The number of halogens is 2. The second-order valence-corrected chi connectivity index (χ2v) is 7.03. The molecule has 0 spiro atoms. The number of alkyl halides is 2. The van der Waals surface area contributed by atoms with Gasteiger partial charge in [0.05, 0.1) is 12.6 Å². The topological polar surface area (TPSA) is 35.6 Å². The molecule has 4 nitrogen and oxygen atoms in total. The fourth-order valence-electron chi connectivity index (χ4n) is 3.64. The molecule has 0 bridgehead atoms. The Morgan fingerprint density at radius 1 is 1.29 bits per heavy atom. The molecule has 0 aromatic heterocycles. The van der Waals surface area contributed by atoms with Crippen LogP contribution in [-0.4, -0.2) is 54.0 Å². The molecule has 1 atom stereocenters. The predicted octanol–water partition coefficient (Wildman–Crippen LogP) is 3.64. The summed E-state index contributed by atoms with van der Waals surface area (Å²) >= 11 is 0. The Morgan fingerprint density at radius 2 is 2.00 bits per heavy atom. The average Bonchev–Trinajstić information content (AvgIpc) is 3.11. The number of benzene rings is 1. The van der Waals surface area contributed by atoms with Crippen LogP contribution in [0.1, 0.15) is 30.4 Å². The lowest BCUT2D eigenvalue weighted by atomic mass is 10.1. The van der Waals surface area contributed by atoms with Crippen molar-refractivity contribution in [3.05, 3.63) is 29.3 Å². The summed E-state index contributed by atoms with van der Waals surface area (Å²) < 4.78 is 27.8. The summed E-state index contributed by atoms with van der Waals surface area (Å²) in [6.07, 6.45) is 1.97. The molecule has 2 fully saturated rings. The Kier molecular flexibility index (Phi) is 4.76. The first kappa shape index (κ1) is 17.1. The standard InChI is InChI=1S/C18H25F2N3O/c1-13-6-5-7-16(14(13)2)21-17(24)23-12-18(19,20)10-15(23)11-22-8-3-4-9-22/h5-7,15H,3-4,8-12H2,1-2H3,(H,21,24)/t15-/m0/s1. The smallest absolute Gasteiger partial charge is 0.314 e. The van der Waals surface area contributed by atoms with E-state index in [9.17, 15) is 13.6 Å². The predicted molar refractivity (Wildman–Crippen MR) is 90.7 cm³/mol. The Labute approximate surface area is 141 Å². The molecular formula is C18H25F2N3O. The lowest BCUT2D eigenvalue weighted by Gasteiger charge is -2.28. The van der Waals surface area contributed by atoms with Crippen molar-refractivity contribution in [2.75, 3.05) is 31.5 Å². The van der Waals surface area contributed by atoms with Crippen molar-refractivity contribution in [2.24, 2.45) is 0 Å². The fourth-order valence-corrected chi connectivity index (χ4v) is 3.64. The van der Waals surface area contributed by atoms with E-state index < -0.39 is 24.5 Å². The quantitative estimate of drug-likeness (QED) is 0.914. The van der Waals surface area contributed by atoms with Crippen molar-refractivity contribution in [2.45, 2.75) is 45.1 Å². The molecule has 1 aromatic carbocycles. The molecule has 2 amide bonds. The van der Waals surface area contributed by atoms with E-state index in [1.807, 2.05) is 32.0 Å². The maximum Gasteiger partial charge on any atom is 0.322 e. The number of rotatable bonds is 3. The van der Waals surface area contributed by atoms with Gasteiger partial charge in [-0.2, -0.15) is 0 Å². The van der Waals surface area contributed by atoms with Crippen molar-refractivity contribution in [3.8, 4) is 0 Å². The van der Waals surface area contributed by atoms with Crippen LogP contribution >= 0.6 is 0 Å². The molecule has 6 heteroatoms. The van der Waals surface area contributed by atoms with Crippen LogP contribution < -0.4 is 5.32 Å². The average molecular weight is 337 g/mol. The summed E-state index contributed by atoms with van der Waals surface area (Å²) in [5.74, 6) is -2.80. The number of anilines is 1. The number of aryl methyl sites for hydroxylation is 1. The van der Waals surface area contributed by atoms with Gasteiger partial charge < -0.3 is 15.1 Å². The molecule has 1 N–H and O–H groups in total. The fraction of sp³-hybridized carbons (Fsp3) is 0.611. The van der Waals surface area contributed by atoms with Gasteiger partial charge in [-0.1, -0.05) is 12.1 Å². The molecule has 24 heavy (non-hydrogen) atoms. The van der Waals surface area contributed by atoms with Crippen molar-refractivity contribution >= 4 is 11.7 Å². The Bertz CT molecular complexity index is 614. The van der Waals surface area contributed by atoms with E-state index in [0.717, 1.165) is 37.1 Å². The van der Waals surface area contributed by atoms with E-state index >= 15 is 0 Å². The lowest BCUT2D eigenvalue weighted by molar-refractivity contribution is 0.0148. The first-order chi connectivity index (χ1) is 11.4. The van der Waals surface area contributed by atoms with Gasteiger partial charge in [0, 0.05) is 18.7 Å². The number of hydrogen-bond donors (Lipinski definition) is 1. The highest BCUT2D eigenvalue weighted by atomic mass is 19.3. The molecule has 3 rings (SSSR count). The molecule has 0 aliphatic carbocycles. The van der Waals surface area contributed by atoms with E-state index in [4.69, 9.17) is 0 Å². The van der Waals surface area contributed by atoms with Gasteiger partial charge in [0.1, 0.15) is 0 Å². The van der Waals surface area contributed by atoms with E-state index in [1.54, 1.807) is 0 Å². The van der Waals surface area contributed by atoms with Crippen molar-refractivity contribution in [1.29, 1.82) is 0 Å². The number of carbonyl (C=O) groups is 1. The van der Waals surface area contributed by atoms with Gasteiger partial charge in [-0.15, -0.1) is 0 Å². The minimum absolute atomic E-state index is 0.246. The highest BCUT2D eigenvalue weighted by molar-refractivity contribution is 5.90. The van der Waals surface area contributed by atoms with Gasteiger partial charge in [-0.3, -0.25) is 0 Å². The summed E-state index contributed by atoms with van der Waals surface area (Å²) in [5.41, 5.74) is 2.72. The summed E-state index contributed by atoms with van der Waals surface area (Å²) in [4.78, 5) is 16.1. The number of nitrogens with zero attached hydrogens (tertiary/aromatic N) is 2. The molecular weight excluding hydrogens is 312 g/mol. The van der Waals surface area contributed by atoms with Gasteiger partial charge in [-0.05, 0) is 57.0 Å². The number of likely N-dealkylation sites (tertiary alicyclic amines) is 2. The minimum atomic E-state index is -2.80. The van der Waals surface area contributed by atoms with Crippen LogP contribution in [0.2, 0.25) is 0 Å². The zero-order valence-electron chi connectivity index (χ0n) is 14.3. The van der Waals surface area contributed by atoms with Crippen LogP contribution in [0, 0.1) is 13.8 Å².